The Morgan fingerprint density at radius 1 is 1.37 bits per heavy atom. The lowest BCUT2D eigenvalue weighted by Gasteiger charge is -2.14. The highest BCUT2D eigenvalue weighted by molar-refractivity contribution is 5.78. The zero-order chi connectivity index (χ0) is 13.4. The van der Waals surface area contributed by atoms with E-state index in [0.717, 1.165) is 42.7 Å². The molecule has 1 fully saturated rings. The van der Waals surface area contributed by atoms with Crippen molar-refractivity contribution in [1.29, 1.82) is 0 Å². The fourth-order valence-electron chi connectivity index (χ4n) is 2.81. The van der Waals surface area contributed by atoms with E-state index in [4.69, 9.17) is 0 Å². The van der Waals surface area contributed by atoms with E-state index in [1.807, 2.05) is 34.4 Å². The van der Waals surface area contributed by atoms with E-state index in [1.165, 1.54) is 0 Å². The van der Waals surface area contributed by atoms with Gasteiger partial charge in [-0.2, -0.15) is 10.2 Å². The van der Waals surface area contributed by atoms with Crippen LogP contribution in [0.1, 0.15) is 25.0 Å². The van der Waals surface area contributed by atoms with Crippen molar-refractivity contribution in [2.75, 3.05) is 13.1 Å². The Labute approximate surface area is 112 Å². The molecule has 0 radical (unpaired) electrons. The van der Waals surface area contributed by atoms with Gasteiger partial charge in [0, 0.05) is 26.6 Å². The van der Waals surface area contributed by atoms with Crippen molar-refractivity contribution in [3.8, 4) is 0 Å². The molecule has 0 aliphatic carbocycles. The van der Waals surface area contributed by atoms with Gasteiger partial charge in [0.2, 0.25) is 5.91 Å². The third kappa shape index (κ3) is 2.11. The van der Waals surface area contributed by atoms with Crippen LogP contribution in [0.4, 0.5) is 0 Å². The number of hydrogen-bond acceptors (Lipinski definition) is 3. The smallest absolute Gasteiger partial charge is 0.224 e. The molecule has 6 nitrogen and oxygen atoms in total. The molecule has 102 valence electrons. The monoisotopic (exact) mass is 261 g/mol. The second-order valence-electron chi connectivity index (χ2n) is 5.15. The summed E-state index contributed by atoms with van der Waals surface area (Å²) in [6.07, 6.45) is 4.61. The quantitative estimate of drug-likeness (QED) is 0.831. The van der Waals surface area contributed by atoms with Gasteiger partial charge in [0.1, 0.15) is 11.0 Å². The van der Waals surface area contributed by atoms with Gasteiger partial charge in [0.25, 0.3) is 0 Å². The lowest BCUT2D eigenvalue weighted by atomic mass is 10.3. The van der Waals surface area contributed by atoms with E-state index in [2.05, 4.69) is 10.2 Å². The van der Waals surface area contributed by atoms with E-state index >= 15 is 0 Å². The molecule has 0 aromatic carbocycles. The third-order valence-corrected chi connectivity index (χ3v) is 3.81. The lowest BCUT2D eigenvalue weighted by molar-refractivity contribution is -0.130. The van der Waals surface area contributed by atoms with Gasteiger partial charge < -0.3 is 4.90 Å². The van der Waals surface area contributed by atoms with Gasteiger partial charge in [-0.15, -0.1) is 0 Å². The van der Waals surface area contributed by atoms with Gasteiger partial charge in [-0.25, -0.2) is 0 Å². The van der Waals surface area contributed by atoms with Gasteiger partial charge in [-0.05, 0) is 19.8 Å². The van der Waals surface area contributed by atoms with E-state index in [-0.39, 0.29) is 5.91 Å². The summed E-state index contributed by atoms with van der Waals surface area (Å²) in [5.41, 5.74) is 3.02. The fraction of sp³-hybridized carbons (Fsp3) is 0.615. The van der Waals surface area contributed by atoms with Crippen LogP contribution in [-0.4, -0.2) is 43.5 Å². The molecule has 0 spiro atoms. The summed E-state index contributed by atoms with van der Waals surface area (Å²) >= 11 is 0. The molecule has 2 aromatic heterocycles. The van der Waals surface area contributed by atoms with Gasteiger partial charge in [0.15, 0.2) is 0 Å². The summed E-state index contributed by atoms with van der Waals surface area (Å²) in [6.45, 7) is 4.44. The van der Waals surface area contributed by atoms with Crippen LogP contribution in [0.3, 0.4) is 0 Å². The van der Waals surface area contributed by atoms with E-state index in [0.29, 0.717) is 13.0 Å². The normalized spacial score (nSPS) is 15.6. The molecule has 1 aliphatic rings. The number of aryl methyl sites for hydroxylation is 3. The summed E-state index contributed by atoms with van der Waals surface area (Å²) in [6, 6.07) is 0. The number of aromatic nitrogens is 4. The number of carbonyl (C=O) groups excluding carboxylic acids is 1. The minimum atomic E-state index is 0.239. The molecule has 1 amide bonds. The second kappa shape index (κ2) is 4.68. The number of likely N-dealkylation sites (tertiary alicyclic amines) is 1. The predicted molar refractivity (Wildman–Crippen MR) is 71.7 cm³/mol. The maximum absolute atomic E-state index is 12.0. The first kappa shape index (κ1) is 12.2. The number of fused-ring (bicyclic) bond motifs is 1. The van der Waals surface area contributed by atoms with Crippen LogP contribution in [0.15, 0.2) is 6.20 Å². The summed E-state index contributed by atoms with van der Waals surface area (Å²) in [7, 11) is 1.91. The average molecular weight is 261 g/mol. The van der Waals surface area contributed by atoms with Gasteiger partial charge in [-0.3, -0.25) is 14.2 Å². The molecule has 0 N–H and O–H groups in total. The van der Waals surface area contributed by atoms with Crippen LogP contribution >= 0.6 is 0 Å². The molecule has 1 saturated heterocycles. The van der Waals surface area contributed by atoms with Crippen LogP contribution in [0, 0.1) is 6.92 Å². The molecular formula is C13H19N5O. The zero-order valence-corrected chi connectivity index (χ0v) is 11.5. The Morgan fingerprint density at radius 2 is 2.11 bits per heavy atom. The maximum Gasteiger partial charge on any atom is 0.224 e. The summed E-state index contributed by atoms with van der Waals surface area (Å²) in [4.78, 5) is 14.0. The Bertz CT molecular complexity index is 606. The van der Waals surface area contributed by atoms with Crippen molar-refractivity contribution in [2.45, 2.75) is 32.7 Å². The molecule has 0 saturated carbocycles. The number of carbonyl (C=O) groups is 1. The molecule has 6 heteroatoms. The minimum absolute atomic E-state index is 0.239. The average Bonchev–Trinajstić information content (AvgIpc) is 3.08. The number of nitrogens with zero attached hydrogens (tertiary/aromatic N) is 5. The third-order valence-electron chi connectivity index (χ3n) is 3.81. The highest BCUT2D eigenvalue weighted by Crippen LogP contribution is 2.17. The van der Waals surface area contributed by atoms with Crippen LogP contribution in [0.25, 0.3) is 11.0 Å². The Morgan fingerprint density at radius 3 is 2.84 bits per heavy atom. The van der Waals surface area contributed by atoms with Crippen molar-refractivity contribution < 1.29 is 4.79 Å². The Balaban J connectivity index is 1.73. The second-order valence-corrected chi connectivity index (χ2v) is 5.15. The minimum Gasteiger partial charge on any atom is -0.343 e. The molecule has 3 rings (SSSR count). The number of rotatable bonds is 3. The van der Waals surface area contributed by atoms with Crippen LogP contribution in [0.5, 0.6) is 0 Å². The van der Waals surface area contributed by atoms with Crippen LogP contribution in [0.2, 0.25) is 0 Å². The van der Waals surface area contributed by atoms with Gasteiger partial charge >= 0.3 is 0 Å². The van der Waals surface area contributed by atoms with Crippen LogP contribution < -0.4 is 0 Å². The van der Waals surface area contributed by atoms with Crippen LogP contribution in [-0.2, 0) is 18.4 Å². The topological polar surface area (TPSA) is 56.0 Å². The molecule has 0 bridgehead atoms. The first-order valence-corrected chi connectivity index (χ1v) is 6.79. The highest BCUT2D eigenvalue weighted by atomic mass is 16.2. The van der Waals surface area contributed by atoms with Crippen molar-refractivity contribution in [1.82, 2.24) is 24.5 Å². The summed E-state index contributed by atoms with van der Waals surface area (Å²) < 4.78 is 3.72. The molecule has 0 unspecified atom stereocenters. The standard InChI is InChI=1S/C13H19N5O/c1-10-13-11(16(2)15-10)9-14-18(13)8-5-12(19)17-6-3-4-7-17/h9H,3-8H2,1-2H3. The lowest BCUT2D eigenvalue weighted by Crippen LogP contribution is -2.28. The Kier molecular flexibility index (Phi) is 3.00. The predicted octanol–water partition coefficient (Wildman–Crippen LogP) is 1.09. The van der Waals surface area contributed by atoms with Crippen molar-refractivity contribution in [2.24, 2.45) is 7.05 Å². The number of hydrogen-bond donors (Lipinski definition) is 0. The summed E-state index contributed by atoms with van der Waals surface area (Å²) in [5.74, 6) is 0.239. The van der Waals surface area contributed by atoms with E-state index < -0.39 is 0 Å². The Hall–Kier alpha value is -1.85. The molecule has 3 heterocycles. The molecule has 1 aliphatic heterocycles. The molecular weight excluding hydrogens is 242 g/mol. The van der Waals surface area contributed by atoms with E-state index in [9.17, 15) is 4.79 Å². The largest absolute Gasteiger partial charge is 0.343 e. The van der Waals surface area contributed by atoms with E-state index in [1.54, 1.807) is 0 Å². The van der Waals surface area contributed by atoms with Crippen molar-refractivity contribution >= 4 is 16.9 Å². The maximum atomic E-state index is 12.0. The SMILES string of the molecule is Cc1nn(C)c2cnn(CCC(=O)N3CCCC3)c12. The fourth-order valence-corrected chi connectivity index (χ4v) is 2.81. The first-order chi connectivity index (χ1) is 9.16. The first-order valence-electron chi connectivity index (χ1n) is 6.79. The molecule has 2 aromatic rings. The van der Waals surface area contributed by atoms with Crippen molar-refractivity contribution in [3.63, 3.8) is 0 Å². The van der Waals surface area contributed by atoms with Crippen molar-refractivity contribution in [3.05, 3.63) is 11.9 Å². The summed E-state index contributed by atoms with van der Waals surface area (Å²) in [5, 5.41) is 8.74. The van der Waals surface area contributed by atoms with Gasteiger partial charge in [0.05, 0.1) is 18.4 Å². The zero-order valence-electron chi connectivity index (χ0n) is 11.5. The molecule has 0 atom stereocenters. The number of amides is 1. The highest BCUT2D eigenvalue weighted by Gasteiger charge is 2.18. The van der Waals surface area contributed by atoms with Gasteiger partial charge in [-0.1, -0.05) is 0 Å². The molecule has 19 heavy (non-hydrogen) atoms.